The normalized spacial score (nSPS) is 13.7. The Kier molecular flexibility index (Phi) is 6.47. The Hall–Kier alpha value is -1.59. The minimum absolute atomic E-state index is 0.0108. The van der Waals surface area contributed by atoms with Gasteiger partial charge in [-0.05, 0) is 45.7 Å². The Morgan fingerprint density at radius 3 is 2.40 bits per heavy atom. The third-order valence-electron chi connectivity index (χ3n) is 3.88. The molecule has 0 unspecified atom stereocenters. The second-order valence-electron chi connectivity index (χ2n) is 6.27. The maximum atomic E-state index is 12.6. The van der Waals surface area contributed by atoms with Crippen molar-refractivity contribution in [3.63, 3.8) is 0 Å². The van der Waals surface area contributed by atoms with Crippen LogP contribution < -0.4 is 4.90 Å². The molecule has 136 valence electrons. The van der Waals surface area contributed by atoms with Gasteiger partial charge in [0.15, 0.2) is 5.78 Å². The molecule has 5 nitrogen and oxygen atoms in total. The first kappa shape index (κ1) is 19.7. The number of carbonyl (C=O) groups is 3. The molecule has 1 aliphatic carbocycles. The van der Waals surface area contributed by atoms with Crippen LogP contribution in [0, 0.1) is 5.92 Å². The van der Waals surface area contributed by atoms with Gasteiger partial charge in [0.05, 0.1) is 28.3 Å². The Labute approximate surface area is 157 Å². The quantitative estimate of drug-likeness (QED) is 0.493. The summed E-state index contributed by atoms with van der Waals surface area (Å²) in [7, 11) is 0. The molecule has 1 aromatic carbocycles. The number of amides is 1. The van der Waals surface area contributed by atoms with E-state index in [1.165, 1.54) is 17.0 Å². The van der Waals surface area contributed by atoms with Gasteiger partial charge in [0.25, 0.3) is 0 Å². The number of hydrogen-bond donors (Lipinski definition) is 0. The largest absolute Gasteiger partial charge is 0.446 e. The lowest BCUT2D eigenvalue weighted by Gasteiger charge is -2.25. The number of carbonyl (C=O) groups excluding carboxylic acids is 3. The van der Waals surface area contributed by atoms with Crippen molar-refractivity contribution in [2.75, 3.05) is 11.4 Å². The maximum Gasteiger partial charge on any atom is 0.414 e. The van der Waals surface area contributed by atoms with Crippen molar-refractivity contribution < 1.29 is 19.1 Å². The third-order valence-corrected chi connectivity index (χ3v) is 4.67. The zero-order valence-electron chi connectivity index (χ0n) is 14.5. The summed E-state index contributed by atoms with van der Waals surface area (Å²) in [4.78, 5) is 38.3. The fourth-order valence-corrected chi connectivity index (χ4v) is 2.90. The molecule has 1 amide bonds. The van der Waals surface area contributed by atoms with Crippen LogP contribution in [0.2, 0.25) is 10.0 Å². The van der Waals surface area contributed by atoms with Gasteiger partial charge in [-0.3, -0.25) is 14.5 Å². The molecule has 1 saturated carbocycles. The highest BCUT2D eigenvalue weighted by molar-refractivity contribution is 6.44. The van der Waals surface area contributed by atoms with Crippen LogP contribution in [0.5, 0.6) is 0 Å². The molecule has 7 heteroatoms. The molecule has 0 aliphatic heterocycles. The van der Waals surface area contributed by atoms with Crippen LogP contribution in [0.1, 0.15) is 50.4 Å². The van der Waals surface area contributed by atoms with Gasteiger partial charge >= 0.3 is 6.09 Å². The fraction of sp³-hybridized carbons (Fsp3) is 0.500. The van der Waals surface area contributed by atoms with Crippen LogP contribution in [0.4, 0.5) is 10.5 Å². The van der Waals surface area contributed by atoms with Crippen LogP contribution in [0.3, 0.4) is 0 Å². The summed E-state index contributed by atoms with van der Waals surface area (Å²) < 4.78 is 5.22. The monoisotopic (exact) mass is 385 g/mol. The van der Waals surface area contributed by atoms with Gasteiger partial charge in [-0.2, -0.15) is 0 Å². The number of rotatable bonds is 7. The number of anilines is 1. The lowest BCUT2D eigenvalue weighted by Crippen LogP contribution is -2.34. The highest BCUT2D eigenvalue weighted by Gasteiger charge is 2.33. The van der Waals surface area contributed by atoms with E-state index in [0.717, 1.165) is 12.8 Å². The van der Waals surface area contributed by atoms with Crippen LogP contribution in [0.25, 0.3) is 0 Å². The third kappa shape index (κ3) is 4.73. The predicted molar refractivity (Wildman–Crippen MR) is 97.8 cm³/mol. The van der Waals surface area contributed by atoms with E-state index >= 15 is 0 Å². The Morgan fingerprint density at radius 2 is 1.88 bits per heavy atom. The molecule has 1 fully saturated rings. The smallest absolute Gasteiger partial charge is 0.414 e. The van der Waals surface area contributed by atoms with Gasteiger partial charge in [-0.1, -0.05) is 23.2 Å². The molecule has 2 rings (SSSR count). The van der Waals surface area contributed by atoms with Crippen molar-refractivity contribution in [3.8, 4) is 0 Å². The number of hydrogen-bond acceptors (Lipinski definition) is 4. The van der Waals surface area contributed by atoms with E-state index in [4.69, 9.17) is 27.9 Å². The minimum atomic E-state index is -0.621. The van der Waals surface area contributed by atoms with Gasteiger partial charge in [0.2, 0.25) is 0 Å². The van der Waals surface area contributed by atoms with Gasteiger partial charge in [-0.25, -0.2) is 4.79 Å². The van der Waals surface area contributed by atoms with Gasteiger partial charge < -0.3 is 4.74 Å². The highest BCUT2D eigenvalue weighted by atomic mass is 35.5. The van der Waals surface area contributed by atoms with Crippen LogP contribution in [-0.4, -0.2) is 30.3 Å². The Bertz CT molecular complexity index is 699. The zero-order chi connectivity index (χ0) is 18.7. The molecular formula is C18H21Cl2NO4. The van der Waals surface area contributed by atoms with Gasteiger partial charge in [0.1, 0.15) is 5.78 Å². The summed E-state index contributed by atoms with van der Waals surface area (Å²) >= 11 is 12.4. The number of ketones is 2. The van der Waals surface area contributed by atoms with Crippen molar-refractivity contribution in [2.45, 2.75) is 46.1 Å². The van der Waals surface area contributed by atoms with E-state index in [1.807, 2.05) is 0 Å². The first-order valence-electron chi connectivity index (χ1n) is 8.28. The topological polar surface area (TPSA) is 63.7 Å². The minimum Gasteiger partial charge on any atom is -0.446 e. The number of Topliss-reactive ketones (excluding diaryl/α,β-unsaturated/α-hetero) is 2. The van der Waals surface area contributed by atoms with Gasteiger partial charge in [-0.15, -0.1) is 0 Å². The van der Waals surface area contributed by atoms with Crippen molar-refractivity contribution in [3.05, 3.63) is 27.7 Å². The highest BCUT2D eigenvalue weighted by Crippen LogP contribution is 2.38. The lowest BCUT2D eigenvalue weighted by molar-refractivity contribution is -0.119. The van der Waals surface area contributed by atoms with Crippen molar-refractivity contribution >= 4 is 46.5 Å². The van der Waals surface area contributed by atoms with Crippen LogP contribution >= 0.6 is 23.2 Å². The Balaban J connectivity index is 2.39. The first-order valence-corrected chi connectivity index (χ1v) is 9.03. The van der Waals surface area contributed by atoms with Crippen LogP contribution in [0.15, 0.2) is 12.1 Å². The number of benzene rings is 1. The molecule has 0 spiro atoms. The molecular weight excluding hydrogens is 365 g/mol. The lowest BCUT2D eigenvalue weighted by atomic mass is 10.0. The molecule has 1 aromatic rings. The van der Waals surface area contributed by atoms with Crippen molar-refractivity contribution in [1.29, 1.82) is 0 Å². The molecule has 0 bridgehead atoms. The molecule has 0 atom stereocenters. The first-order chi connectivity index (χ1) is 11.8. The average molecular weight is 386 g/mol. The molecule has 1 aliphatic rings. The van der Waals surface area contributed by atoms with Crippen molar-refractivity contribution in [1.82, 2.24) is 0 Å². The molecule has 0 aromatic heterocycles. The SMILES string of the molecule is CCN(C(=O)OC(C)C)c1c(C(=O)CC(=O)C2CC2)ccc(Cl)c1Cl. The van der Waals surface area contributed by atoms with E-state index in [0.29, 0.717) is 0 Å². The molecule has 0 heterocycles. The molecule has 0 radical (unpaired) electrons. The maximum absolute atomic E-state index is 12.6. The summed E-state index contributed by atoms with van der Waals surface area (Å²) in [5, 5.41) is 0.312. The molecule has 0 N–H and O–H groups in total. The average Bonchev–Trinajstić information content (AvgIpc) is 3.36. The summed E-state index contributed by atoms with van der Waals surface area (Å²) in [6.45, 7) is 5.43. The predicted octanol–water partition coefficient (Wildman–Crippen LogP) is 4.92. The summed E-state index contributed by atoms with van der Waals surface area (Å²) in [6.07, 6.45) is 0.524. The van der Waals surface area contributed by atoms with Gasteiger partial charge in [0, 0.05) is 18.0 Å². The number of halogens is 2. The molecule has 25 heavy (non-hydrogen) atoms. The standard InChI is InChI=1S/C18H21Cl2NO4/c1-4-21(18(24)25-10(2)3)17-12(7-8-13(19)16(17)20)15(23)9-14(22)11-5-6-11/h7-8,10-11H,4-6,9H2,1-3H3. The van der Waals surface area contributed by atoms with Crippen LogP contribution in [-0.2, 0) is 9.53 Å². The van der Waals surface area contributed by atoms with E-state index < -0.39 is 6.09 Å². The number of nitrogens with zero attached hydrogens (tertiary/aromatic N) is 1. The Morgan fingerprint density at radius 1 is 1.24 bits per heavy atom. The second-order valence-corrected chi connectivity index (χ2v) is 7.06. The second kappa shape index (κ2) is 8.19. The van der Waals surface area contributed by atoms with E-state index in [2.05, 4.69) is 0 Å². The zero-order valence-corrected chi connectivity index (χ0v) is 16.0. The summed E-state index contributed by atoms with van der Waals surface area (Å²) in [5.41, 5.74) is 0.391. The van der Waals surface area contributed by atoms with E-state index in [1.54, 1.807) is 20.8 Å². The summed E-state index contributed by atoms with van der Waals surface area (Å²) in [6, 6.07) is 2.99. The fourth-order valence-electron chi connectivity index (χ4n) is 2.48. The van der Waals surface area contributed by atoms with E-state index in [-0.39, 0.29) is 57.9 Å². The summed E-state index contributed by atoms with van der Waals surface area (Å²) in [5.74, 6) is -0.459. The van der Waals surface area contributed by atoms with Crippen molar-refractivity contribution in [2.24, 2.45) is 5.92 Å². The molecule has 0 saturated heterocycles. The number of ether oxygens (including phenoxy) is 1. The van der Waals surface area contributed by atoms with E-state index in [9.17, 15) is 14.4 Å².